The Labute approximate surface area is 78.4 Å². The van der Waals surface area contributed by atoms with E-state index in [4.69, 9.17) is 0 Å². The topological polar surface area (TPSA) is 26.3 Å². The molecule has 0 unspecified atom stereocenters. The molecule has 0 fully saturated rings. The maximum absolute atomic E-state index is 11.6. The molecular formula is C7H7F3O2S. The van der Waals surface area contributed by atoms with Crippen LogP contribution in [0.25, 0.3) is 0 Å². The molecule has 0 atom stereocenters. The molecule has 74 valence electrons. The molecule has 0 aromatic heterocycles. The third-order valence-corrected chi connectivity index (χ3v) is 1.25. The number of carbonyl (C=O) groups is 1. The van der Waals surface area contributed by atoms with Gasteiger partial charge in [0, 0.05) is 0 Å². The van der Waals surface area contributed by atoms with E-state index in [0.717, 1.165) is 0 Å². The van der Waals surface area contributed by atoms with Crippen LogP contribution in [-0.2, 0) is 9.53 Å². The first-order valence-corrected chi connectivity index (χ1v) is 3.65. The molecular weight excluding hydrogens is 205 g/mol. The van der Waals surface area contributed by atoms with Crippen molar-refractivity contribution in [2.45, 2.75) is 12.6 Å². The molecule has 2 nitrogen and oxygen atoms in total. The monoisotopic (exact) mass is 212 g/mol. The maximum atomic E-state index is 11.6. The first-order chi connectivity index (χ1) is 5.88. The molecule has 0 aromatic carbocycles. The highest BCUT2D eigenvalue weighted by molar-refractivity contribution is 7.80. The minimum absolute atomic E-state index is 0.00394. The highest BCUT2D eigenvalue weighted by atomic mass is 32.1. The zero-order valence-electron chi connectivity index (χ0n) is 6.56. The first kappa shape index (κ1) is 12.1. The van der Waals surface area contributed by atoms with Gasteiger partial charge in [0.15, 0.2) is 5.05 Å². The molecule has 0 aromatic rings. The Balaban J connectivity index is 3.93. The minimum Gasteiger partial charge on any atom is -0.483 e. The molecule has 0 aliphatic rings. The van der Waals surface area contributed by atoms with Crippen LogP contribution in [0, 0.1) is 0 Å². The van der Waals surface area contributed by atoms with Gasteiger partial charge in [-0.05, 0) is 12.2 Å². The standard InChI is InChI=1S/C7H7F3O2S/c1-2-3-12-6(13)4-5(11)7(8,9)10/h2H,1,3-4H2. The van der Waals surface area contributed by atoms with E-state index in [1.54, 1.807) is 0 Å². The van der Waals surface area contributed by atoms with E-state index in [0.29, 0.717) is 0 Å². The second kappa shape index (κ2) is 4.96. The SMILES string of the molecule is C=CCOC(=S)CC(=O)C(F)(F)F. The zero-order chi connectivity index (χ0) is 10.5. The Morgan fingerprint density at radius 1 is 1.54 bits per heavy atom. The van der Waals surface area contributed by atoms with Crippen molar-refractivity contribution < 1.29 is 22.7 Å². The van der Waals surface area contributed by atoms with E-state index in [1.165, 1.54) is 6.08 Å². The van der Waals surface area contributed by atoms with Crippen molar-refractivity contribution in [1.29, 1.82) is 0 Å². The van der Waals surface area contributed by atoms with E-state index in [2.05, 4.69) is 23.5 Å². The fraction of sp³-hybridized carbons (Fsp3) is 0.429. The van der Waals surface area contributed by atoms with Crippen molar-refractivity contribution in [3.05, 3.63) is 12.7 Å². The largest absolute Gasteiger partial charge is 0.483 e. The molecule has 0 saturated heterocycles. The van der Waals surface area contributed by atoms with Crippen LogP contribution in [0.2, 0.25) is 0 Å². The second-order valence-corrected chi connectivity index (χ2v) is 2.52. The number of thiocarbonyl (C=S) groups is 1. The number of Topliss-reactive ketones (excluding diaryl/α,β-unsaturated/α-hetero) is 1. The van der Waals surface area contributed by atoms with Crippen LogP contribution < -0.4 is 0 Å². The number of halogens is 3. The van der Waals surface area contributed by atoms with Gasteiger partial charge in [0.05, 0.1) is 6.42 Å². The van der Waals surface area contributed by atoms with Crippen LogP contribution in [0.5, 0.6) is 0 Å². The number of rotatable bonds is 4. The smallest absolute Gasteiger partial charge is 0.450 e. The van der Waals surface area contributed by atoms with Crippen LogP contribution >= 0.6 is 12.2 Å². The van der Waals surface area contributed by atoms with Gasteiger partial charge in [0.25, 0.3) is 0 Å². The fourth-order valence-electron chi connectivity index (χ4n) is 0.434. The minimum atomic E-state index is -4.85. The van der Waals surface area contributed by atoms with Gasteiger partial charge in [-0.2, -0.15) is 13.2 Å². The van der Waals surface area contributed by atoms with Gasteiger partial charge >= 0.3 is 6.18 Å². The Morgan fingerprint density at radius 2 is 2.08 bits per heavy atom. The van der Waals surface area contributed by atoms with Crippen LogP contribution in [-0.4, -0.2) is 23.6 Å². The summed E-state index contributed by atoms with van der Waals surface area (Å²) in [7, 11) is 0. The lowest BCUT2D eigenvalue weighted by Gasteiger charge is -2.06. The molecule has 0 spiro atoms. The first-order valence-electron chi connectivity index (χ1n) is 3.24. The van der Waals surface area contributed by atoms with E-state index in [1.807, 2.05) is 0 Å². The molecule has 0 aliphatic carbocycles. The van der Waals surface area contributed by atoms with E-state index < -0.39 is 18.4 Å². The van der Waals surface area contributed by atoms with Crippen molar-refractivity contribution in [2.75, 3.05) is 6.61 Å². The van der Waals surface area contributed by atoms with E-state index >= 15 is 0 Å². The van der Waals surface area contributed by atoms with Gasteiger partial charge in [-0.15, -0.1) is 0 Å². The second-order valence-electron chi connectivity index (χ2n) is 2.07. The average molecular weight is 212 g/mol. The summed E-state index contributed by atoms with van der Waals surface area (Å²) in [4.78, 5) is 10.3. The van der Waals surface area contributed by atoms with E-state index in [-0.39, 0.29) is 11.7 Å². The normalized spacial score (nSPS) is 10.7. The molecule has 0 rings (SSSR count). The molecule has 0 radical (unpaired) electrons. The highest BCUT2D eigenvalue weighted by Gasteiger charge is 2.38. The highest BCUT2D eigenvalue weighted by Crippen LogP contribution is 2.18. The number of hydrogen-bond donors (Lipinski definition) is 0. The van der Waals surface area contributed by atoms with Gasteiger partial charge in [-0.25, -0.2) is 0 Å². The summed E-state index contributed by atoms with van der Waals surface area (Å²) < 4.78 is 39.5. The van der Waals surface area contributed by atoms with Gasteiger partial charge in [0.1, 0.15) is 6.61 Å². The number of hydrogen-bond acceptors (Lipinski definition) is 3. The quantitative estimate of drug-likeness (QED) is 0.527. The van der Waals surface area contributed by atoms with Crippen molar-refractivity contribution in [2.24, 2.45) is 0 Å². The van der Waals surface area contributed by atoms with Crippen molar-refractivity contribution in [3.8, 4) is 0 Å². The zero-order valence-corrected chi connectivity index (χ0v) is 7.37. The summed E-state index contributed by atoms with van der Waals surface area (Å²) in [6.07, 6.45) is -4.43. The van der Waals surface area contributed by atoms with Gasteiger partial charge < -0.3 is 4.74 Å². The lowest BCUT2D eigenvalue weighted by molar-refractivity contribution is -0.169. The molecule has 0 amide bonds. The molecule has 6 heteroatoms. The summed E-state index contributed by atoms with van der Waals surface area (Å²) in [6, 6.07) is 0. The predicted octanol–water partition coefficient (Wildman–Crippen LogP) is 2.04. The summed E-state index contributed by atoms with van der Waals surface area (Å²) in [6.45, 7) is 3.27. The Morgan fingerprint density at radius 3 is 2.46 bits per heavy atom. The van der Waals surface area contributed by atoms with Crippen molar-refractivity contribution in [3.63, 3.8) is 0 Å². The van der Waals surface area contributed by atoms with Gasteiger partial charge in [0.2, 0.25) is 5.78 Å². The van der Waals surface area contributed by atoms with Crippen LogP contribution in [0.4, 0.5) is 13.2 Å². The lowest BCUT2D eigenvalue weighted by atomic mass is 10.3. The van der Waals surface area contributed by atoms with Gasteiger partial charge in [-0.1, -0.05) is 12.7 Å². The Bertz CT molecular complexity index is 222. The average Bonchev–Trinajstić information content (AvgIpc) is 1.99. The molecule has 0 aliphatic heterocycles. The Kier molecular flexibility index (Phi) is 4.61. The molecule has 13 heavy (non-hydrogen) atoms. The lowest BCUT2D eigenvalue weighted by Crippen LogP contribution is -2.25. The third kappa shape index (κ3) is 5.35. The number of carbonyl (C=O) groups excluding carboxylic acids is 1. The fourth-order valence-corrected chi connectivity index (χ4v) is 0.633. The maximum Gasteiger partial charge on any atom is 0.450 e. The van der Waals surface area contributed by atoms with Crippen LogP contribution in [0.1, 0.15) is 6.42 Å². The summed E-state index contributed by atoms with van der Waals surface area (Å²) in [5.41, 5.74) is 0. The molecule has 0 bridgehead atoms. The molecule has 0 heterocycles. The van der Waals surface area contributed by atoms with E-state index in [9.17, 15) is 18.0 Å². The summed E-state index contributed by atoms with van der Waals surface area (Å²) >= 11 is 4.37. The van der Waals surface area contributed by atoms with Crippen molar-refractivity contribution in [1.82, 2.24) is 0 Å². The number of ketones is 1. The Hall–Kier alpha value is -0.910. The summed E-state index contributed by atoms with van der Waals surface area (Å²) in [5.74, 6) is -1.90. The van der Waals surface area contributed by atoms with Crippen molar-refractivity contribution >= 4 is 23.1 Å². The predicted molar refractivity (Wildman–Crippen MR) is 44.4 cm³/mol. The third-order valence-electron chi connectivity index (χ3n) is 0.983. The summed E-state index contributed by atoms with van der Waals surface area (Å²) in [5, 5.41) is -0.373. The number of ether oxygens (including phenoxy) is 1. The molecule has 0 saturated carbocycles. The molecule has 0 N–H and O–H groups in total. The van der Waals surface area contributed by atoms with Crippen LogP contribution in [0.15, 0.2) is 12.7 Å². The number of alkyl halides is 3. The van der Waals surface area contributed by atoms with Gasteiger partial charge in [-0.3, -0.25) is 4.79 Å². The van der Waals surface area contributed by atoms with Crippen LogP contribution in [0.3, 0.4) is 0 Å².